The van der Waals surface area contributed by atoms with Gasteiger partial charge in [-0.05, 0) is 32.1 Å². The smallest absolute Gasteiger partial charge is 0.0513 e. The van der Waals surface area contributed by atoms with Gasteiger partial charge in [0.2, 0.25) is 0 Å². The van der Waals surface area contributed by atoms with Crippen molar-refractivity contribution in [1.29, 1.82) is 0 Å². The molecule has 0 heterocycles. The molecule has 0 spiro atoms. The van der Waals surface area contributed by atoms with Crippen molar-refractivity contribution in [2.24, 2.45) is 5.92 Å². The first-order valence-corrected chi connectivity index (χ1v) is 6.46. The highest BCUT2D eigenvalue weighted by Crippen LogP contribution is 2.13. The molecule has 0 aromatic rings. The van der Waals surface area contributed by atoms with Crippen molar-refractivity contribution >= 4 is 0 Å². The second kappa shape index (κ2) is 10.4. The van der Waals surface area contributed by atoms with Crippen molar-refractivity contribution in [2.45, 2.75) is 65.4 Å². The van der Waals surface area contributed by atoms with Gasteiger partial charge in [-0.15, -0.1) is 0 Å². The molecule has 15 heavy (non-hydrogen) atoms. The highest BCUT2D eigenvalue weighted by molar-refractivity contribution is 4.56. The first-order chi connectivity index (χ1) is 7.20. The van der Waals surface area contributed by atoms with Gasteiger partial charge in [0.05, 0.1) is 6.10 Å². The van der Waals surface area contributed by atoms with E-state index in [2.05, 4.69) is 13.8 Å². The number of rotatable bonds is 10. The summed E-state index contributed by atoms with van der Waals surface area (Å²) in [6.07, 6.45) is 6.75. The zero-order chi connectivity index (χ0) is 11.5. The van der Waals surface area contributed by atoms with Crippen LogP contribution in [-0.2, 0) is 4.74 Å². The van der Waals surface area contributed by atoms with Crippen LogP contribution in [0.1, 0.15) is 59.3 Å². The molecule has 92 valence electrons. The fourth-order valence-electron chi connectivity index (χ4n) is 1.63. The van der Waals surface area contributed by atoms with Gasteiger partial charge in [0.15, 0.2) is 0 Å². The van der Waals surface area contributed by atoms with Gasteiger partial charge in [-0.1, -0.05) is 33.1 Å². The van der Waals surface area contributed by atoms with Gasteiger partial charge in [-0.25, -0.2) is 0 Å². The van der Waals surface area contributed by atoms with E-state index in [1.54, 1.807) is 0 Å². The van der Waals surface area contributed by atoms with Crippen molar-refractivity contribution in [3.8, 4) is 0 Å². The summed E-state index contributed by atoms with van der Waals surface area (Å²) in [6, 6.07) is 0. The highest BCUT2D eigenvalue weighted by atomic mass is 16.5. The largest absolute Gasteiger partial charge is 0.393 e. The Labute approximate surface area is 95.0 Å². The van der Waals surface area contributed by atoms with Gasteiger partial charge in [-0.3, -0.25) is 0 Å². The second-order valence-electron chi connectivity index (χ2n) is 4.48. The molecule has 0 aromatic carbocycles. The van der Waals surface area contributed by atoms with E-state index in [0.717, 1.165) is 32.0 Å². The van der Waals surface area contributed by atoms with Crippen LogP contribution in [0.2, 0.25) is 0 Å². The molecular formula is C13H28O2. The van der Waals surface area contributed by atoms with Crippen molar-refractivity contribution in [3.05, 3.63) is 0 Å². The maximum absolute atomic E-state index is 9.07. The molecule has 0 aliphatic rings. The third-order valence-corrected chi connectivity index (χ3v) is 2.81. The molecule has 1 N–H and O–H groups in total. The normalized spacial score (nSPS) is 15.2. The van der Waals surface area contributed by atoms with E-state index in [1.165, 1.54) is 25.7 Å². The Bertz CT molecular complexity index is 124. The minimum atomic E-state index is -0.185. The quantitative estimate of drug-likeness (QED) is 0.567. The molecule has 0 saturated heterocycles. The summed E-state index contributed by atoms with van der Waals surface area (Å²) in [5, 5.41) is 9.07. The summed E-state index contributed by atoms with van der Waals surface area (Å²) in [7, 11) is 0. The van der Waals surface area contributed by atoms with Crippen LogP contribution in [0.15, 0.2) is 0 Å². The zero-order valence-corrected chi connectivity index (χ0v) is 10.7. The summed E-state index contributed by atoms with van der Waals surface area (Å²) in [5.74, 6) is 0.733. The van der Waals surface area contributed by atoms with Crippen LogP contribution in [0.4, 0.5) is 0 Å². The molecule has 0 radical (unpaired) electrons. The minimum Gasteiger partial charge on any atom is -0.393 e. The number of hydrogen-bond acceptors (Lipinski definition) is 2. The Morgan fingerprint density at radius 2 is 1.87 bits per heavy atom. The average molecular weight is 216 g/mol. The number of aliphatic hydroxyl groups excluding tert-OH is 1. The predicted octanol–water partition coefficient (Wildman–Crippen LogP) is 3.38. The van der Waals surface area contributed by atoms with Crippen molar-refractivity contribution in [1.82, 2.24) is 0 Å². The molecule has 0 fully saturated rings. The first kappa shape index (κ1) is 14.9. The third kappa shape index (κ3) is 10.2. The van der Waals surface area contributed by atoms with Crippen LogP contribution in [-0.4, -0.2) is 24.4 Å². The van der Waals surface area contributed by atoms with Gasteiger partial charge in [0.25, 0.3) is 0 Å². The maximum atomic E-state index is 9.07. The highest BCUT2D eigenvalue weighted by Gasteiger charge is 2.05. The number of aliphatic hydroxyl groups is 1. The minimum absolute atomic E-state index is 0.185. The first-order valence-electron chi connectivity index (χ1n) is 6.46. The Hall–Kier alpha value is -0.0800. The van der Waals surface area contributed by atoms with E-state index in [-0.39, 0.29) is 6.10 Å². The maximum Gasteiger partial charge on any atom is 0.0513 e. The second-order valence-corrected chi connectivity index (χ2v) is 4.48. The molecule has 2 nitrogen and oxygen atoms in total. The molecule has 0 aromatic heterocycles. The van der Waals surface area contributed by atoms with E-state index in [9.17, 15) is 0 Å². The number of unbranched alkanes of at least 4 members (excludes halogenated alkanes) is 1. The van der Waals surface area contributed by atoms with Gasteiger partial charge < -0.3 is 9.84 Å². The summed E-state index contributed by atoms with van der Waals surface area (Å²) in [6.45, 7) is 8.00. The van der Waals surface area contributed by atoms with Crippen LogP contribution >= 0.6 is 0 Å². The van der Waals surface area contributed by atoms with E-state index in [4.69, 9.17) is 9.84 Å². The fraction of sp³-hybridized carbons (Fsp3) is 1.00. The van der Waals surface area contributed by atoms with Crippen molar-refractivity contribution < 1.29 is 9.84 Å². The average Bonchev–Trinajstić information content (AvgIpc) is 2.21. The molecule has 0 aliphatic carbocycles. The lowest BCUT2D eigenvalue weighted by Gasteiger charge is -2.14. The molecule has 0 aliphatic heterocycles. The Balaban J connectivity index is 3.30. The standard InChI is InChI=1S/C13H28O2/c1-4-6-9-13(5-2)11-15-10-7-8-12(3)14/h12-14H,4-11H2,1-3H3. The molecule has 2 heteroatoms. The Morgan fingerprint density at radius 1 is 1.13 bits per heavy atom. The van der Waals surface area contributed by atoms with E-state index in [0.29, 0.717) is 0 Å². The molecule has 0 rings (SSSR count). The predicted molar refractivity (Wildman–Crippen MR) is 65.0 cm³/mol. The van der Waals surface area contributed by atoms with E-state index in [1.807, 2.05) is 6.92 Å². The lowest BCUT2D eigenvalue weighted by atomic mass is 10.0. The summed E-state index contributed by atoms with van der Waals surface area (Å²) < 4.78 is 5.62. The topological polar surface area (TPSA) is 29.5 Å². The number of hydrogen-bond donors (Lipinski definition) is 1. The summed E-state index contributed by atoms with van der Waals surface area (Å²) in [4.78, 5) is 0. The van der Waals surface area contributed by atoms with Crippen molar-refractivity contribution in [3.63, 3.8) is 0 Å². The molecular weight excluding hydrogens is 188 g/mol. The van der Waals surface area contributed by atoms with Crippen LogP contribution in [0.3, 0.4) is 0 Å². The van der Waals surface area contributed by atoms with Gasteiger partial charge >= 0.3 is 0 Å². The lowest BCUT2D eigenvalue weighted by Crippen LogP contribution is -2.10. The molecule has 0 bridgehead atoms. The Kier molecular flexibility index (Phi) is 10.4. The fourth-order valence-corrected chi connectivity index (χ4v) is 1.63. The molecule has 2 atom stereocenters. The molecule has 0 saturated carbocycles. The summed E-state index contributed by atoms with van der Waals surface area (Å²) in [5.41, 5.74) is 0. The van der Waals surface area contributed by atoms with Gasteiger partial charge in [0.1, 0.15) is 0 Å². The van der Waals surface area contributed by atoms with Crippen LogP contribution in [0.25, 0.3) is 0 Å². The Morgan fingerprint density at radius 3 is 2.40 bits per heavy atom. The lowest BCUT2D eigenvalue weighted by molar-refractivity contribution is 0.0813. The van der Waals surface area contributed by atoms with Gasteiger partial charge in [0, 0.05) is 13.2 Å². The van der Waals surface area contributed by atoms with Gasteiger partial charge in [-0.2, -0.15) is 0 Å². The van der Waals surface area contributed by atoms with Crippen LogP contribution in [0.5, 0.6) is 0 Å². The van der Waals surface area contributed by atoms with E-state index < -0.39 is 0 Å². The zero-order valence-electron chi connectivity index (χ0n) is 10.7. The van der Waals surface area contributed by atoms with Crippen LogP contribution < -0.4 is 0 Å². The third-order valence-electron chi connectivity index (χ3n) is 2.81. The van der Waals surface area contributed by atoms with E-state index >= 15 is 0 Å². The molecule has 0 amide bonds. The summed E-state index contributed by atoms with van der Waals surface area (Å²) >= 11 is 0. The van der Waals surface area contributed by atoms with Crippen LogP contribution in [0, 0.1) is 5.92 Å². The monoisotopic (exact) mass is 216 g/mol. The number of ether oxygens (including phenoxy) is 1. The van der Waals surface area contributed by atoms with Crippen molar-refractivity contribution in [2.75, 3.05) is 13.2 Å². The SMILES string of the molecule is CCCCC(CC)COCCCC(C)O. The molecule has 2 unspecified atom stereocenters.